The summed E-state index contributed by atoms with van der Waals surface area (Å²) in [5.41, 5.74) is 4.33. The van der Waals surface area contributed by atoms with Gasteiger partial charge in [-0.25, -0.2) is 19.3 Å². The van der Waals surface area contributed by atoms with Gasteiger partial charge in [0.25, 0.3) is 0 Å². The lowest BCUT2D eigenvalue weighted by Crippen LogP contribution is -2.41. The molecule has 1 fully saturated rings. The number of ketones is 2. The minimum Gasteiger partial charge on any atom is -0.399 e. The number of halogens is 1. The van der Waals surface area contributed by atoms with Crippen LogP contribution in [-0.4, -0.2) is 96.8 Å². The Balaban J connectivity index is 0.000000163. The highest BCUT2D eigenvalue weighted by Crippen LogP contribution is 2.36. The van der Waals surface area contributed by atoms with Gasteiger partial charge in [-0.3, -0.25) is 19.6 Å². The van der Waals surface area contributed by atoms with E-state index in [0.29, 0.717) is 21.7 Å². The Morgan fingerprint density at radius 1 is 0.704 bits per heavy atom. The van der Waals surface area contributed by atoms with E-state index in [2.05, 4.69) is 46.1 Å². The lowest BCUT2D eigenvalue weighted by atomic mass is 9.82. The summed E-state index contributed by atoms with van der Waals surface area (Å²) >= 11 is 3.18. The molecule has 0 aliphatic carbocycles. The molecule has 6 aromatic rings. The zero-order chi connectivity index (χ0) is 38.7. The van der Waals surface area contributed by atoms with Crippen molar-refractivity contribution in [2.24, 2.45) is 0 Å². The van der Waals surface area contributed by atoms with E-state index in [1.165, 1.54) is 14.2 Å². The quantitative estimate of drug-likeness (QED) is 0.0990. The van der Waals surface area contributed by atoms with E-state index >= 15 is 0 Å². The molecular weight excluding hydrogens is 755 g/mol. The van der Waals surface area contributed by atoms with E-state index < -0.39 is 0 Å². The molecule has 0 amide bonds. The second kappa shape index (κ2) is 18.2. The van der Waals surface area contributed by atoms with Crippen LogP contribution in [0.2, 0.25) is 0 Å². The van der Waals surface area contributed by atoms with Crippen LogP contribution in [-0.2, 0) is 18.8 Å². The van der Waals surface area contributed by atoms with Crippen LogP contribution in [0.25, 0.3) is 22.6 Å². The first-order valence-corrected chi connectivity index (χ1v) is 17.6. The summed E-state index contributed by atoms with van der Waals surface area (Å²) in [5.74, 6) is -0.261. The molecule has 14 nitrogen and oxygen atoms in total. The molecule has 6 aromatic heterocycles. The Labute approximate surface area is 322 Å². The molecule has 54 heavy (non-hydrogen) atoms. The number of hydrogen-bond acceptors (Lipinski definition) is 12. The number of Topliss-reactive ketones (excluding diaryl/α,β-unsaturated/α-hetero) is 2. The minimum atomic E-state index is -0.384. The number of ether oxygens (including phenoxy) is 2. The lowest BCUT2D eigenvalue weighted by molar-refractivity contribution is 0.00578. The summed E-state index contributed by atoms with van der Waals surface area (Å²) in [6, 6.07) is 18.1. The standard InChI is InChI=1S/C16H14N4O2.C14H18BN3O2.C8H8BrNO2/c1-22-11-16(21)15-6-2-5-14(19-15)12-8-18-20(10-12)13-4-3-7-17-9-13;1-13(2)14(3,4)20-15(19-13)11-8-17-18(10-11)12-6-5-7-16-9-12;1-12-5-7(11)6-3-2-4-8(9)10-6/h2-10H,11H2,1H3;5-10H,1-4H3;2-4H,5H2,1H3. The van der Waals surface area contributed by atoms with Crippen LogP contribution in [0.4, 0.5) is 0 Å². The molecule has 0 N–H and O–H groups in total. The summed E-state index contributed by atoms with van der Waals surface area (Å²) in [7, 11) is 2.58. The smallest absolute Gasteiger partial charge is 0.399 e. The van der Waals surface area contributed by atoms with Gasteiger partial charge in [0.05, 0.1) is 46.9 Å². The van der Waals surface area contributed by atoms with Gasteiger partial charge in [0, 0.05) is 56.2 Å². The largest absolute Gasteiger partial charge is 0.498 e. The molecule has 0 aromatic carbocycles. The van der Waals surface area contributed by atoms with Crippen molar-refractivity contribution < 1.29 is 28.4 Å². The highest BCUT2D eigenvalue weighted by molar-refractivity contribution is 9.10. The van der Waals surface area contributed by atoms with Gasteiger partial charge in [-0.2, -0.15) is 10.2 Å². The van der Waals surface area contributed by atoms with Gasteiger partial charge in [-0.15, -0.1) is 0 Å². The van der Waals surface area contributed by atoms with Crippen molar-refractivity contribution in [1.29, 1.82) is 0 Å². The first kappa shape index (κ1) is 39.9. The fourth-order valence-corrected chi connectivity index (χ4v) is 5.22. The summed E-state index contributed by atoms with van der Waals surface area (Å²) < 4.78 is 25.7. The number of pyridine rings is 4. The molecule has 7 heterocycles. The molecule has 16 heteroatoms. The predicted octanol–water partition coefficient (Wildman–Crippen LogP) is 5.40. The molecule has 0 spiro atoms. The molecule has 0 radical (unpaired) electrons. The minimum absolute atomic E-state index is 0.0192. The molecule has 1 aliphatic rings. The predicted molar refractivity (Wildman–Crippen MR) is 206 cm³/mol. The van der Waals surface area contributed by atoms with Crippen LogP contribution in [0.1, 0.15) is 48.7 Å². The van der Waals surface area contributed by atoms with Crippen LogP contribution in [0, 0.1) is 0 Å². The first-order valence-electron chi connectivity index (χ1n) is 16.8. The van der Waals surface area contributed by atoms with Crippen molar-refractivity contribution >= 4 is 40.1 Å². The lowest BCUT2D eigenvalue weighted by Gasteiger charge is -2.32. The number of hydrogen-bond donors (Lipinski definition) is 0. The molecule has 0 bridgehead atoms. The molecule has 1 saturated heterocycles. The summed E-state index contributed by atoms with van der Waals surface area (Å²) in [4.78, 5) is 39.5. The van der Waals surface area contributed by atoms with Crippen molar-refractivity contribution in [1.82, 2.24) is 39.5 Å². The molecule has 0 saturated carbocycles. The fourth-order valence-electron chi connectivity index (χ4n) is 4.88. The second-order valence-corrected chi connectivity index (χ2v) is 13.7. The van der Waals surface area contributed by atoms with Gasteiger partial charge in [0.2, 0.25) is 11.6 Å². The van der Waals surface area contributed by atoms with E-state index in [-0.39, 0.29) is 43.1 Å². The van der Waals surface area contributed by atoms with Gasteiger partial charge in [0.15, 0.2) is 0 Å². The van der Waals surface area contributed by atoms with Crippen molar-refractivity contribution in [2.45, 2.75) is 38.9 Å². The normalized spacial score (nSPS) is 14.0. The summed E-state index contributed by atoms with van der Waals surface area (Å²) in [6.07, 6.45) is 14.2. The van der Waals surface area contributed by atoms with E-state index in [0.717, 1.165) is 22.4 Å². The Bertz CT molecular complexity index is 2130. The number of aromatic nitrogens is 8. The fraction of sp³-hybridized carbons (Fsp3) is 0.263. The van der Waals surface area contributed by atoms with Crippen LogP contribution in [0.5, 0.6) is 0 Å². The third-order valence-corrected chi connectivity index (χ3v) is 8.86. The Hall–Kier alpha value is -5.26. The summed E-state index contributed by atoms with van der Waals surface area (Å²) in [5, 5.41) is 8.64. The number of carbonyl (C=O) groups excluding carboxylic acids is 2. The second-order valence-electron chi connectivity index (χ2n) is 12.9. The maximum Gasteiger partial charge on any atom is 0.498 e. The van der Waals surface area contributed by atoms with E-state index in [1.807, 2.05) is 70.4 Å². The summed E-state index contributed by atoms with van der Waals surface area (Å²) in [6.45, 7) is 8.25. The van der Waals surface area contributed by atoms with Crippen LogP contribution in [0.3, 0.4) is 0 Å². The zero-order valence-electron chi connectivity index (χ0n) is 30.8. The van der Waals surface area contributed by atoms with Gasteiger partial charge < -0.3 is 18.8 Å². The maximum atomic E-state index is 11.8. The average Bonchev–Trinajstić information content (AvgIpc) is 3.92. The van der Waals surface area contributed by atoms with E-state index in [4.69, 9.17) is 18.8 Å². The average molecular weight is 796 g/mol. The van der Waals surface area contributed by atoms with Crippen LogP contribution >= 0.6 is 15.9 Å². The SMILES string of the molecule is CC1(C)OB(c2cnn(-c3cccnc3)c2)OC1(C)C.COCC(=O)c1cccc(-c2cnn(-c3cccnc3)c2)n1.COCC(=O)c1cccc(Br)n1. The van der Waals surface area contributed by atoms with Crippen molar-refractivity contribution in [3.63, 3.8) is 0 Å². The number of rotatable bonds is 10. The van der Waals surface area contributed by atoms with Crippen molar-refractivity contribution in [3.8, 4) is 22.6 Å². The van der Waals surface area contributed by atoms with E-state index in [9.17, 15) is 9.59 Å². The maximum absolute atomic E-state index is 11.8. The van der Waals surface area contributed by atoms with Gasteiger partial charge in [0.1, 0.15) is 29.2 Å². The zero-order valence-corrected chi connectivity index (χ0v) is 32.4. The van der Waals surface area contributed by atoms with Gasteiger partial charge >= 0.3 is 7.12 Å². The molecule has 0 atom stereocenters. The van der Waals surface area contributed by atoms with Gasteiger partial charge in [-0.05, 0) is 92.2 Å². The van der Waals surface area contributed by atoms with Crippen molar-refractivity contribution in [2.75, 3.05) is 27.4 Å². The third kappa shape index (κ3) is 10.2. The molecule has 7 rings (SSSR count). The first-order chi connectivity index (χ1) is 25.9. The highest BCUT2D eigenvalue weighted by atomic mass is 79.9. The third-order valence-electron chi connectivity index (χ3n) is 8.41. The number of methoxy groups -OCH3 is 2. The van der Waals surface area contributed by atoms with Crippen molar-refractivity contribution in [3.05, 3.63) is 126 Å². The van der Waals surface area contributed by atoms with Crippen LogP contribution < -0.4 is 5.46 Å². The van der Waals surface area contributed by atoms with E-state index in [1.54, 1.807) is 76.9 Å². The molecule has 0 unspecified atom stereocenters. The molecular formula is C38H40BBrN8O6. The molecule has 278 valence electrons. The number of nitrogens with zero attached hydrogens (tertiary/aromatic N) is 8. The Morgan fingerprint density at radius 2 is 1.24 bits per heavy atom. The highest BCUT2D eigenvalue weighted by Gasteiger charge is 2.52. The molecule has 1 aliphatic heterocycles. The Kier molecular flexibility index (Phi) is 13.4. The van der Waals surface area contributed by atoms with Crippen LogP contribution in [0.15, 0.2) is 115 Å². The van der Waals surface area contributed by atoms with Gasteiger partial charge in [-0.1, -0.05) is 12.1 Å². The Morgan fingerprint density at radius 3 is 1.78 bits per heavy atom. The topological polar surface area (TPSA) is 158 Å². The number of carbonyl (C=O) groups is 2. The monoisotopic (exact) mass is 794 g/mol.